The number of nitrogens with one attached hydrogen (secondary N) is 1. The predicted molar refractivity (Wildman–Crippen MR) is 127 cm³/mol. The first kappa shape index (κ1) is 21.3. The van der Waals surface area contributed by atoms with Gasteiger partial charge in [0.2, 0.25) is 0 Å². The molecule has 0 radical (unpaired) electrons. The van der Waals surface area contributed by atoms with E-state index >= 15 is 0 Å². The Labute approximate surface area is 195 Å². The molecule has 7 rings (SSSR count). The first-order valence-corrected chi connectivity index (χ1v) is 12.7. The zero-order valence-electron chi connectivity index (χ0n) is 19.9. The van der Waals surface area contributed by atoms with E-state index in [1.54, 1.807) is 22.8 Å². The Hall–Kier alpha value is -2.21. The van der Waals surface area contributed by atoms with E-state index in [0.717, 1.165) is 50.4 Å². The summed E-state index contributed by atoms with van der Waals surface area (Å²) in [5, 5.41) is 3.60. The average Bonchev–Trinajstić information content (AvgIpc) is 2.74. The largest absolute Gasteiger partial charge is 0.373 e. The Morgan fingerprint density at radius 1 is 1.15 bits per heavy atom. The Balaban J connectivity index is 1.11. The molecule has 33 heavy (non-hydrogen) atoms. The zero-order valence-corrected chi connectivity index (χ0v) is 19.9. The normalized spacial score (nSPS) is 34.4. The second kappa shape index (κ2) is 7.39. The van der Waals surface area contributed by atoms with Gasteiger partial charge in [0.15, 0.2) is 0 Å². The molecular weight excluding hydrogens is 414 g/mol. The maximum Gasteiger partial charge on any atom is 0.261 e. The molecule has 6 nitrogen and oxygen atoms in total. The summed E-state index contributed by atoms with van der Waals surface area (Å²) < 4.78 is 8.32. The highest BCUT2D eigenvalue weighted by atomic mass is 16.5. The van der Waals surface area contributed by atoms with E-state index in [1.807, 2.05) is 0 Å². The Morgan fingerprint density at radius 3 is 2.70 bits per heavy atom. The molecule has 1 aliphatic heterocycles. The molecule has 6 heteroatoms. The minimum atomic E-state index is -0.135. The van der Waals surface area contributed by atoms with Crippen LogP contribution in [0.3, 0.4) is 0 Å². The fourth-order valence-corrected chi connectivity index (χ4v) is 8.42. The number of nitrogens with zero attached hydrogens (tertiary/aromatic N) is 2. The van der Waals surface area contributed by atoms with Gasteiger partial charge in [-0.2, -0.15) is 0 Å². The summed E-state index contributed by atoms with van der Waals surface area (Å²) in [6.07, 6.45) is 10.4. The van der Waals surface area contributed by atoms with Crippen molar-refractivity contribution in [2.24, 2.45) is 16.7 Å². The van der Waals surface area contributed by atoms with Crippen molar-refractivity contribution in [2.45, 2.75) is 83.8 Å². The maximum absolute atomic E-state index is 12.8. The van der Waals surface area contributed by atoms with E-state index in [2.05, 4.69) is 19.2 Å². The number of carbonyl (C=O) groups is 1. The average molecular weight is 450 g/mol. The number of hydrogen-bond donors (Lipinski definition) is 1. The number of aromatic nitrogens is 2. The topological polar surface area (TPSA) is 73.2 Å². The van der Waals surface area contributed by atoms with Crippen molar-refractivity contribution in [3.8, 4) is 0 Å². The molecule has 4 saturated carbocycles. The number of rotatable bonds is 5. The molecule has 4 aliphatic carbocycles. The zero-order chi connectivity index (χ0) is 22.8. The number of fused-ring (bicyclic) bond motifs is 2. The SMILES string of the molecule is C[C@]12CC3CC(OCCNC(=O)c4ccc5c(=O)n6c(nc5c4)CCCC6)(C1)C[C@@](C)(C3)C2. The van der Waals surface area contributed by atoms with Crippen LogP contribution in [0.1, 0.15) is 81.4 Å². The summed E-state index contributed by atoms with van der Waals surface area (Å²) in [5.74, 6) is 1.50. The van der Waals surface area contributed by atoms with Gasteiger partial charge in [0.05, 0.1) is 23.1 Å². The molecule has 1 aromatic heterocycles. The summed E-state index contributed by atoms with van der Waals surface area (Å²) in [7, 11) is 0. The van der Waals surface area contributed by atoms with Crippen molar-refractivity contribution in [1.82, 2.24) is 14.9 Å². The van der Waals surface area contributed by atoms with Gasteiger partial charge in [-0.15, -0.1) is 0 Å². The minimum absolute atomic E-state index is 0.00178. The molecular formula is C27H35N3O3. The van der Waals surface area contributed by atoms with E-state index < -0.39 is 0 Å². The van der Waals surface area contributed by atoms with Crippen molar-refractivity contribution in [3.05, 3.63) is 39.9 Å². The molecule has 2 heterocycles. The molecule has 2 unspecified atom stereocenters. The Kier molecular flexibility index (Phi) is 4.78. The lowest BCUT2D eigenvalue weighted by molar-refractivity contribution is -0.213. The van der Waals surface area contributed by atoms with Gasteiger partial charge >= 0.3 is 0 Å². The lowest BCUT2D eigenvalue weighted by Gasteiger charge is -2.65. The Morgan fingerprint density at radius 2 is 1.94 bits per heavy atom. The summed E-state index contributed by atoms with van der Waals surface area (Å²) in [6, 6.07) is 5.23. The van der Waals surface area contributed by atoms with Gasteiger partial charge < -0.3 is 10.1 Å². The third-order valence-corrected chi connectivity index (χ3v) is 8.70. The van der Waals surface area contributed by atoms with Crippen LogP contribution in [0, 0.1) is 16.7 Å². The first-order chi connectivity index (χ1) is 15.8. The molecule has 0 saturated heterocycles. The Bertz CT molecular complexity index is 1170. The quantitative estimate of drug-likeness (QED) is 0.694. The monoisotopic (exact) mass is 449 g/mol. The number of hydrogen-bond acceptors (Lipinski definition) is 4. The number of aryl methyl sites for hydroxylation is 1. The van der Waals surface area contributed by atoms with Gasteiger partial charge in [-0.1, -0.05) is 13.8 Å². The van der Waals surface area contributed by atoms with Gasteiger partial charge in [0.1, 0.15) is 5.82 Å². The first-order valence-electron chi connectivity index (χ1n) is 12.7. The fraction of sp³-hybridized carbons (Fsp3) is 0.667. The summed E-state index contributed by atoms with van der Waals surface area (Å²) >= 11 is 0. The number of carbonyl (C=O) groups excluding carboxylic acids is 1. The molecule has 4 bridgehead atoms. The van der Waals surface area contributed by atoms with Crippen molar-refractivity contribution >= 4 is 16.8 Å². The highest BCUT2D eigenvalue weighted by molar-refractivity contribution is 5.97. The molecule has 176 valence electrons. The summed E-state index contributed by atoms with van der Waals surface area (Å²) in [4.78, 5) is 30.3. The lowest BCUT2D eigenvalue weighted by Crippen LogP contribution is -2.59. The predicted octanol–water partition coefficient (Wildman–Crippen LogP) is 4.23. The van der Waals surface area contributed by atoms with Gasteiger partial charge in [-0.05, 0) is 86.3 Å². The molecule has 5 aliphatic rings. The van der Waals surface area contributed by atoms with E-state index in [9.17, 15) is 9.59 Å². The van der Waals surface area contributed by atoms with Crippen LogP contribution in [-0.4, -0.2) is 34.2 Å². The third kappa shape index (κ3) is 3.71. The van der Waals surface area contributed by atoms with Crippen molar-refractivity contribution in [3.63, 3.8) is 0 Å². The maximum atomic E-state index is 12.8. The van der Waals surface area contributed by atoms with E-state index in [4.69, 9.17) is 9.72 Å². The van der Waals surface area contributed by atoms with Crippen LogP contribution < -0.4 is 10.9 Å². The summed E-state index contributed by atoms with van der Waals surface area (Å²) in [5.41, 5.74) is 2.02. The standard InChI is InChI=1S/C27H35N3O3/c1-25-12-18-13-26(2,15-25)17-27(14-18,16-25)33-10-8-28-23(31)19-6-7-20-21(11-19)29-22-5-3-4-9-30(22)24(20)32/h6-7,11,18H,3-5,8-10,12-17H2,1-2H3,(H,28,31)/t18?,25-,26+,27?. The molecule has 1 aromatic carbocycles. The van der Waals surface area contributed by atoms with Crippen LogP contribution in [0.15, 0.2) is 23.0 Å². The van der Waals surface area contributed by atoms with Crippen LogP contribution >= 0.6 is 0 Å². The van der Waals surface area contributed by atoms with Gasteiger partial charge in [0, 0.05) is 25.1 Å². The van der Waals surface area contributed by atoms with E-state index in [1.165, 1.54) is 25.7 Å². The van der Waals surface area contributed by atoms with E-state index in [-0.39, 0.29) is 17.1 Å². The minimum Gasteiger partial charge on any atom is -0.373 e. The molecule has 4 atom stereocenters. The molecule has 2 aromatic rings. The number of amides is 1. The van der Waals surface area contributed by atoms with Crippen LogP contribution in [0.2, 0.25) is 0 Å². The van der Waals surface area contributed by atoms with Gasteiger partial charge in [0.25, 0.3) is 11.5 Å². The second-order valence-electron chi connectivity index (χ2n) is 12.1. The van der Waals surface area contributed by atoms with Crippen molar-refractivity contribution in [2.75, 3.05) is 13.2 Å². The smallest absolute Gasteiger partial charge is 0.261 e. The van der Waals surface area contributed by atoms with Gasteiger partial charge in [-0.3, -0.25) is 14.2 Å². The molecule has 0 spiro atoms. The van der Waals surface area contributed by atoms with Crippen molar-refractivity contribution < 1.29 is 9.53 Å². The second-order valence-corrected chi connectivity index (χ2v) is 12.1. The third-order valence-electron chi connectivity index (χ3n) is 8.70. The highest BCUT2D eigenvalue weighted by Crippen LogP contribution is 2.67. The fourth-order valence-electron chi connectivity index (χ4n) is 8.42. The number of ether oxygens (including phenoxy) is 1. The van der Waals surface area contributed by atoms with Crippen LogP contribution in [0.5, 0.6) is 0 Å². The van der Waals surface area contributed by atoms with Crippen molar-refractivity contribution in [1.29, 1.82) is 0 Å². The summed E-state index contributed by atoms with van der Waals surface area (Å²) in [6.45, 7) is 6.68. The molecule has 1 amide bonds. The van der Waals surface area contributed by atoms with Crippen LogP contribution in [0.25, 0.3) is 10.9 Å². The van der Waals surface area contributed by atoms with Gasteiger partial charge in [-0.25, -0.2) is 4.98 Å². The van der Waals surface area contributed by atoms with E-state index in [0.29, 0.717) is 40.4 Å². The molecule has 1 N–H and O–H groups in total. The van der Waals surface area contributed by atoms with Crippen LogP contribution in [-0.2, 0) is 17.7 Å². The lowest BCUT2D eigenvalue weighted by atomic mass is 9.43. The highest BCUT2D eigenvalue weighted by Gasteiger charge is 2.60. The number of benzene rings is 1. The van der Waals surface area contributed by atoms with Crippen LogP contribution in [0.4, 0.5) is 0 Å². The molecule has 4 fully saturated rings.